The second-order valence-electron chi connectivity index (χ2n) is 4.53. The highest BCUT2D eigenvalue weighted by molar-refractivity contribution is 5.76. The number of carbonyl (C=O) groups excluding carboxylic acids is 1. The molecule has 0 aliphatic rings. The normalized spacial score (nSPS) is 14.1. The molecule has 17 heavy (non-hydrogen) atoms. The molecule has 0 fully saturated rings. The molecule has 4 N–H and O–H groups in total. The van der Waals surface area contributed by atoms with Gasteiger partial charge in [-0.25, -0.2) is 0 Å². The molecular formula is C13H25N3O. The molecule has 0 radical (unpaired) electrons. The third-order valence-corrected chi connectivity index (χ3v) is 2.38. The highest BCUT2D eigenvalue weighted by Gasteiger charge is 2.15. The maximum atomic E-state index is 11.6. The Bertz CT molecular complexity index is 258. The van der Waals surface area contributed by atoms with Crippen molar-refractivity contribution in [3.8, 4) is 12.3 Å². The van der Waals surface area contributed by atoms with E-state index in [0.717, 1.165) is 12.8 Å². The fraction of sp³-hybridized carbons (Fsp3) is 0.769. The minimum atomic E-state index is -0.0543. The van der Waals surface area contributed by atoms with Crippen molar-refractivity contribution in [2.75, 3.05) is 6.54 Å². The van der Waals surface area contributed by atoms with Crippen LogP contribution in [0.3, 0.4) is 0 Å². The lowest BCUT2D eigenvalue weighted by atomic mass is 10.1. The van der Waals surface area contributed by atoms with E-state index < -0.39 is 0 Å². The van der Waals surface area contributed by atoms with Gasteiger partial charge in [-0.15, -0.1) is 6.42 Å². The molecule has 0 bridgehead atoms. The quantitative estimate of drug-likeness (QED) is 0.544. The molecular weight excluding hydrogens is 214 g/mol. The molecule has 0 rings (SSSR count). The molecule has 98 valence electrons. The molecule has 0 heterocycles. The molecule has 0 saturated heterocycles. The number of amides is 1. The number of hydrogen-bond acceptors (Lipinski definition) is 3. The van der Waals surface area contributed by atoms with Crippen molar-refractivity contribution >= 4 is 5.91 Å². The summed E-state index contributed by atoms with van der Waals surface area (Å²) in [6, 6.07) is 0.0988. The van der Waals surface area contributed by atoms with Crippen LogP contribution in [-0.4, -0.2) is 30.6 Å². The summed E-state index contributed by atoms with van der Waals surface area (Å²) in [6.07, 6.45) is 7.70. The van der Waals surface area contributed by atoms with Crippen LogP contribution in [-0.2, 0) is 4.79 Å². The fourth-order valence-electron chi connectivity index (χ4n) is 1.60. The van der Waals surface area contributed by atoms with Crippen molar-refractivity contribution in [1.29, 1.82) is 0 Å². The van der Waals surface area contributed by atoms with Gasteiger partial charge >= 0.3 is 0 Å². The molecule has 2 atom stereocenters. The van der Waals surface area contributed by atoms with Gasteiger partial charge in [0.2, 0.25) is 5.91 Å². The fourth-order valence-corrected chi connectivity index (χ4v) is 1.60. The standard InChI is InChI=1S/C13H25N3O/c1-5-7-11(6-2)16-12(9-14)8-13(17)15-10(3)4/h2,10-12,16H,5,7-9,14H2,1,3-4H3,(H,15,17). The van der Waals surface area contributed by atoms with Crippen molar-refractivity contribution in [3.05, 3.63) is 0 Å². The van der Waals surface area contributed by atoms with Crippen molar-refractivity contribution in [1.82, 2.24) is 10.6 Å². The summed E-state index contributed by atoms with van der Waals surface area (Å²) in [7, 11) is 0. The second kappa shape index (κ2) is 9.03. The van der Waals surface area contributed by atoms with Crippen LogP contribution < -0.4 is 16.4 Å². The molecule has 0 aliphatic heterocycles. The van der Waals surface area contributed by atoms with E-state index in [9.17, 15) is 4.79 Å². The van der Waals surface area contributed by atoms with Crippen molar-refractivity contribution < 1.29 is 4.79 Å². The predicted octanol–water partition coefficient (Wildman–Crippen LogP) is 0.620. The molecule has 0 aromatic rings. The van der Waals surface area contributed by atoms with Gasteiger partial charge in [0, 0.05) is 25.0 Å². The smallest absolute Gasteiger partial charge is 0.221 e. The summed E-state index contributed by atoms with van der Waals surface area (Å²) in [5, 5.41) is 6.08. The average Bonchev–Trinajstić information content (AvgIpc) is 2.26. The zero-order chi connectivity index (χ0) is 13.3. The number of hydrogen-bond donors (Lipinski definition) is 3. The lowest BCUT2D eigenvalue weighted by Crippen LogP contribution is -2.45. The molecule has 0 spiro atoms. The number of carbonyl (C=O) groups is 1. The molecule has 1 amide bonds. The highest BCUT2D eigenvalue weighted by atomic mass is 16.1. The third-order valence-electron chi connectivity index (χ3n) is 2.38. The van der Waals surface area contributed by atoms with Crippen LogP contribution >= 0.6 is 0 Å². The number of nitrogens with one attached hydrogen (secondary N) is 2. The van der Waals surface area contributed by atoms with E-state index in [-0.39, 0.29) is 24.0 Å². The molecule has 0 aliphatic carbocycles. The summed E-state index contributed by atoms with van der Waals surface area (Å²) < 4.78 is 0. The summed E-state index contributed by atoms with van der Waals surface area (Å²) in [4.78, 5) is 11.6. The van der Waals surface area contributed by atoms with Crippen LogP contribution in [0.5, 0.6) is 0 Å². The lowest BCUT2D eigenvalue weighted by molar-refractivity contribution is -0.122. The lowest BCUT2D eigenvalue weighted by Gasteiger charge is -2.21. The highest BCUT2D eigenvalue weighted by Crippen LogP contribution is 1.99. The SMILES string of the molecule is C#CC(CCC)NC(CN)CC(=O)NC(C)C. The second-order valence-corrected chi connectivity index (χ2v) is 4.53. The average molecular weight is 239 g/mol. The monoisotopic (exact) mass is 239 g/mol. The Morgan fingerprint density at radius 3 is 2.53 bits per heavy atom. The predicted molar refractivity (Wildman–Crippen MR) is 71.4 cm³/mol. The summed E-state index contributed by atoms with van der Waals surface area (Å²) in [5.74, 6) is 2.69. The first kappa shape index (κ1) is 16.0. The summed E-state index contributed by atoms with van der Waals surface area (Å²) in [6.45, 7) is 6.36. The molecule has 2 unspecified atom stereocenters. The van der Waals surface area contributed by atoms with Gasteiger partial charge < -0.3 is 11.1 Å². The Balaban J connectivity index is 4.15. The molecule has 0 saturated carbocycles. The first-order valence-corrected chi connectivity index (χ1v) is 6.25. The van der Waals surface area contributed by atoms with E-state index in [0.29, 0.717) is 13.0 Å². The van der Waals surface area contributed by atoms with Crippen LogP contribution in [0.1, 0.15) is 40.0 Å². The van der Waals surface area contributed by atoms with E-state index in [1.807, 2.05) is 13.8 Å². The van der Waals surface area contributed by atoms with Crippen LogP contribution in [0.15, 0.2) is 0 Å². The van der Waals surface area contributed by atoms with Crippen LogP contribution in [0.4, 0.5) is 0 Å². The van der Waals surface area contributed by atoms with Crippen LogP contribution in [0.2, 0.25) is 0 Å². The van der Waals surface area contributed by atoms with Crippen molar-refractivity contribution in [2.45, 2.75) is 58.2 Å². The van der Waals surface area contributed by atoms with E-state index in [4.69, 9.17) is 12.2 Å². The van der Waals surface area contributed by atoms with Gasteiger partial charge in [0.05, 0.1) is 6.04 Å². The Morgan fingerprint density at radius 2 is 2.12 bits per heavy atom. The number of rotatable bonds is 8. The summed E-state index contributed by atoms with van der Waals surface area (Å²) >= 11 is 0. The van der Waals surface area contributed by atoms with Gasteiger partial charge in [0.15, 0.2) is 0 Å². The Kier molecular flexibility index (Phi) is 8.47. The zero-order valence-corrected chi connectivity index (χ0v) is 11.1. The molecule has 4 nitrogen and oxygen atoms in total. The third kappa shape index (κ3) is 7.78. The maximum Gasteiger partial charge on any atom is 0.221 e. The van der Waals surface area contributed by atoms with Gasteiger partial charge in [-0.1, -0.05) is 19.3 Å². The van der Waals surface area contributed by atoms with Gasteiger partial charge in [0.25, 0.3) is 0 Å². The molecule has 4 heteroatoms. The summed E-state index contributed by atoms with van der Waals surface area (Å²) in [5.41, 5.74) is 5.64. The molecule has 0 aromatic carbocycles. The van der Waals surface area contributed by atoms with E-state index in [2.05, 4.69) is 23.5 Å². The largest absolute Gasteiger partial charge is 0.354 e. The van der Waals surface area contributed by atoms with Gasteiger partial charge in [-0.05, 0) is 20.3 Å². The Morgan fingerprint density at radius 1 is 1.47 bits per heavy atom. The number of nitrogens with two attached hydrogens (primary N) is 1. The van der Waals surface area contributed by atoms with Crippen LogP contribution in [0, 0.1) is 12.3 Å². The van der Waals surface area contributed by atoms with Crippen LogP contribution in [0.25, 0.3) is 0 Å². The van der Waals surface area contributed by atoms with E-state index in [1.54, 1.807) is 0 Å². The van der Waals surface area contributed by atoms with Gasteiger partial charge in [-0.2, -0.15) is 0 Å². The Hall–Kier alpha value is -1.05. The first-order valence-electron chi connectivity index (χ1n) is 6.25. The zero-order valence-electron chi connectivity index (χ0n) is 11.1. The van der Waals surface area contributed by atoms with Gasteiger partial charge in [0.1, 0.15) is 0 Å². The molecule has 0 aromatic heterocycles. The topological polar surface area (TPSA) is 67.1 Å². The number of terminal acetylenes is 1. The minimum Gasteiger partial charge on any atom is -0.354 e. The Labute approximate surface area is 105 Å². The van der Waals surface area contributed by atoms with Crippen molar-refractivity contribution in [3.63, 3.8) is 0 Å². The van der Waals surface area contributed by atoms with E-state index in [1.165, 1.54) is 0 Å². The van der Waals surface area contributed by atoms with Crippen molar-refractivity contribution in [2.24, 2.45) is 5.73 Å². The minimum absolute atomic E-state index is 0.000370. The van der Waals surface area contributed by atoms with Gasteiger partial charge in [-0.3, -0.25) is 10.1 Å². The maximum absolute atomic E-state index is 11.6. The first-order chi connectivity index (χ1) is 8.03. The van der Waals surface area contributed by atoms with E-state index >= 15 is 0 Å².